The van der Waals surface area contributed by atoms with Gasteiger partial charge in [-0.05, 0) is 85.9 Å². The number of ether oxygens (including phenoxy) is 1. The van der Waals surface area contributed by atoms with Crippen LogP contribution < -0.4 is 20.7 Å². The van der Waals surface area contributed by atoms with Gasteiger partial charge in [-0.2, -0.15) is 0 Å². The molecule has 3 N–H and O–H groups in total. The number of hydrogen-bond acceptors (Lipinski definition) is 4. The van der Waals surface area contributed by atoms with E-state index in [0.29, 0.717) is 29.5 Å². The van der Waals surface area contributed by atoms with Gasteiger partial charge in [-0.25, -0.2) is 0 Å². The van der Waals surface area contributed by atoms with Gasteiger partial charge < -0.3 is 20.7 Å². The summed E-state index contributed by atoms with van der Waals surface area (Å²) in [5, 5.41) is 11.4. The van der Waals surface area contributed by atoms with Crippen molar-refractivity contribution in [3.05, 3.63) is 65.2 Å². The highest BCUT2D eigenvalue weighted by Crippen LogP contribution is 2.48. The molecule has 4 heteroatoms. The monoisotopic (exact) mass is 435 g/mol. The molecule has 0 aromatic heterocycles. The quantitative estimate of drug-likeness (QED) is 0.509. The van der Waals surface area contributed by atoms with Gasteiger partial charge in [0.15, 0.2) is 0 Å². The maximum absolute atomic E-state index is 5.30. The third kappa shape index (κ3) is 5.36. The Hall–Kier alpha value is -1.88. The standard InChI is InChI=1S/C28H41N3O/c1-20(2)25-7-5-6-8-26(25)27(31-23-17-28(18-23)13-15-29-16-14-28)21(3)30-19-22-9-11-24(32-4)12-10-22/h5-12,20-21,23,27,29-31H,13-19H2,1-4H3. The van der Waals surface area contributed by atoms with Crippen molar-refractivity contribution in [2.75, 3.05) is 20.2 Å². The molecule has 1 aliphatic carbocycles. The molecule has 1 spiro atoms. The predicted molar refractivity (Wildman–Crippen MR) is 133 cm³/mol. The summed E-state index contributed by atoms with van der Waals surface area (Å²) in [7, 11) is 1.71. The van der Waals surface area contributed by atoms with E-state index in [1.165, 1.54) is 55.5 Å². The van der Waals surface area contributed by atoms with E-state index in [1.807, 2.05) is 12.1 Å². The molecular formula is C28H41N3O. The van der Waals surface area contributed by atoms with Crippen molar-refractivity contribution in [2.24, 2.45) is 5.41 Å². The van der Waals surface area contributed by atoms with Crippen molar-refractivity contribution in [1.29, 1.82) is 0 Å². The van der Waals surface area contributed by atoms with Gasteiger partial charge in [0, 0.05) is 24.7 Å². The average Bonchev–Trinajstić information content (AvgIpc) is 2.80. The topological polar surface area (TPSA) is 45.3 Å². The number of methoxy groups -OCH3 is 1. The lowest BCUT2D eigenvalue weighted by Crippen LogP contribution is -2.55. The Morgan fingerprint density at radius 2 is 1.62 bits per heavy atom. The minimum Gasteiger partial charge on any atom is -0.497 e. The van der Waals surface area contributed by atoms with E-state index >= 15 is 0 Å². The van der Waals surface area contributed by atoms with Gasteiger partial charge in [-0.15, -0.1) is 0 Å². The summed E-state index contributed by atoms with van der Waals surface area (Å²) in [6.07, 6.45) is 5.31. The lowest BCUT2D eigenvalue weighted by atomic mass is 9.60. The van der Waals surface area contributed by atoms with Crippen molar-refractivity contribution in [1.82, 2.24) is 16.0 Å². The summed E-state index contributed by atoms with van der Waals surface area (Å²) < 4.78 is 5.30. The first-order chi connectivity index (χ1) is 15.5. The van der Waals surface area contributed by atoms with Crippen molar-refractivity contribution in [3.8, 4) is 5.75 Å². The zero-order valence-electron chi connectivity index (χ0n) is 20.3. The van der Waals surface area contributed by atoms with E-state index in [4.69, 9.17) is 4.74 Å². The summed E-state index contributed by atoms with van der Waals surface area (Å²) in [5.74, 6) is 1.42. The van der Waals surface area contributed by atoms with Crippen LogP contribution in [-0.4, -0.2) is 32.3 Å². The highest BCUT2D eigenvalue weighted by atomic mass is 16.5. The van der Waals surface area contributed by atoms with Crippen molar-refractivity contribution in [2.45, 2.75) is 77.0 Å². The molecule has 1 saturated carbocycles. The Labute approximate surface area is 194 Å². The van der Waals surface area contributed by atoms with E-state index in [-0.39, 0.29) is 0 Å². The number of hydrogen-bond donors (Lipinski definition) is 3. The molecule has 1 saturated heterocycles. The van der Waals surface area contributed by atoms with Crippen LogP contribution in [0.25, 0.3) is 0 Å². The van der Waals surface area contributed by atoms with Crippen LogP contribution in [0.1, 0.15) is 75.1 Å². The molecule has 2 fully saturated rings. The molecule has 174 valence electrons. The zero-order chi connectivity index (χ0) is 22.6. The summed E-state index contributed by atoms with van der Waals surface area (Å²) in [6, 6.07) is 18.6. The summed E-state index contributed by atoms with van der Waals surface area (Å²) in [6.45, 7) is 10.2. The highest BCUT2D eigenvalue weighted by Gasteiger charge is 2.45. The van der Waals surface area contributed by atoms with Gasteiger partial charge >= 0.3 is 0 Å². The maximum Gasteiger partial charge on any atom is 0.118 e. The molecule has 2 aromatic carbocycles. The van der Waals surface area contributed by atoms with Crippen LogP contribution in [-0.2, 0) is 6.54 Å². The minimum atomic E-state index is 0.302. The van der Waals surface area contributed by atoms with Crippen LogP contribution in [0.3, 0.4) is 0 Å². The molecule has 0 amide bonds. The van der Waals surface area contributed by atoms with Gasteiger partial charge in [0.2, 0.25) is 0 Å². The van der Waals surface area contributed by atoms with E-state index in [2.05, 4.69) is 73.1 Å². The Morgan fingerprint density at radius 1 is 0.969 bits per heavy atom. The average molecular weight is 436 g/mol. The Kier molecular flexibility index (Phi) is 7.55. The van der Waals surface area contributed by atoms with Crippen LogP contribution in [0.5, 0.6) is 5.75 Å². The molecular weight excluding hydrogens is 394 g/mol. The third-order valence-electron chi connectivity index (χ3n) is 7.68. The van der Waals surface area contributed by atoms with E-state index in [9.17, 15) is 0 Å². The van der Waals surface area contributed by atoms with Gasteiger partial charge in [0.1, 0.15) is 5.75 Å². The van der Waals surface area contributed by atoms with Crippen LogP contribution in [0.4, 0.5) is 0 Å². The minimum absolute atomic E-state index is 0.302. The molecule has 2 atom stereocenters. The van der Waals surface area contributed by atoms with Crippen molar-refractivity contribution in [3.63, 3.8) is 0 Å². The van der Waals surface area contributed by atoms with Crippen LogP contribution >= 0.6 is 0 Å². The fourth-order valence-corrected chi connectivity index (χ4v) is 5.69. The number of benzene rings is 2. The number of piperidine rings is 1. The molecule has 2 aromatic rings. The van der Waals surface area contributed by atoms with Gasteiger partial charge in [0.05, 0.1) is 7.11 Å². The fourth-order valence-electron chi connectivity index (χ4n) is 5.69. The SMILES string of the molecule is COc1ccc(CNC(C)C(NC2CC3(CCNCC3)C2)c2ccccc2C(C)C)cc1. The molecule has 0 radical (unpaired) electrons. The second-order valence-corrected chi connectivity index (χ2v) is 10.3. The van der Waals surface area contributed by atoms with E-state index < -0.39 is 0 Å². The summed E-state index contributed by atoms with van der Waals surface area (Å²) in [5.41, 5.74) is 4.78. The normalized spacial score (nSPS) is 20.2. The zero-order valence-corrected chi connectivity index (χ0v) is 20.3. The summed E-state index contributed by atoms with van der Waals surface area (Å²) in [4.78, 5) is 0. The van der Waals surface area contributed by atoms with Crippen LogP contribution in [0, 0.1) is 5.41 Å². The first kappa shape index (κ1) is 23.3. The molecule has 32 heavy (non-hydrogen) atoms. The smallest absolute Gasteiger partial charge is 0.118 e. The first-order valence-corrected chi connectivity index (χ1v) is 12.4. The molecule has 2 aliphatic rings. The Bertz CT molecular complexity index is 849. The molecule has 1 aliphatic heterocycles. The molecule has 1 heterocycles. The fraction of sp³-hybridized carbons (Fsp3) is 0.571. The van der Waals surface area contributed by atoms with Crippen LogP contribution in [0.15, 0.2) is 48.5 Å². The van der Waals surface area contributed by atoms with Crippen molar-refractivity contribution >= 4 is 0 Å². The maximum atomic E-state index is 5.30. The lowest BCUT2D eigenvalue weighted by Gasteiger charge is -2.52. The predicted octanol–water partition coefficient (Wildman–Crippen LogP) is 5.16. The molecule has 2 unspecified atom stereocenters. The van der Waals surface area contributed by atoms with Crippen molar-refractivity contribution < 1.29 is 4.74 Å². The highest BCUT2D eigenvalue weighted by molar-refractivity contribution is 5.34. The molecule has 0 bridgehead atoms. The second kappa shape index (κ2) is 10.4. The van der Waals surface area contributed by atoms with E-state index in [1.54, 1.807) is 7.11 Å². The first-order valence-electron chi connectivity index (χ1n) is 12.4. The number of nitrogens with one attached hydrogen (secondary N) is 3. The lowest BCUT2D eigenvalue weighted by molar-refractivity contribution is 0.0379. The second-order valence-electron chi connectivity index (χ2n) is 10.3. The Balaban J connectivity index is 1.46. The van der Waals surface area contributed by atoms with Gasteiger partial charge in [-0.3, -0.25) is 0 Å². The largest absolute Gasteiger partial charge is 0.497 e. The molecule has 4 nitrogen and oxygen atoms in total. The van der Waals surface area contributed by atoms with Crippen LogP contribution in [0.2, 0.25) is 0 Å². The Morgan fingerprint density at radius 3 is 2.25 bits per heavy atom. The summed E-state index contributed by atoms with van der Waals surface area (Å²) >= 11 is 0. The molecule has 4 rings (SSSR count). The van der Waals surface area contributed by atoms with Gasteiger partial charge in [-0.1, -0.05) is 50.2 Å². The third-order valence-corrected chi connectivity index (χ3v) is 7.68. The number of rotatable bonds is 9. The van der Waals surface area contributed by atoms with E-state index in [0.717, 1.165) is 12.3 Å². The van der Waals surface area contributed by atoms with Gasteiger partial charge in [0.25, 0.3) is 0 Å².